The second kappa shape index (κ2) is 6.87. The Kier molecular flexibility index (Phi) is 4.39. The van der Waals surface area contributed by atoms with Gasteiger partial charge in [0.1, 0.15) is 5.82 Å². The van der Waals surface area contributed by atoms with Gasteiger partial charge in [0.15, 0.2) is 0 Å². The standard InChI is InChI=1S/C21H20FN3O2/c1-13-17-5-3-2-4-14(17)7-9-25(13)19(26)12-24-16-10-15-6-8-23-21(27)20(15)18(22)11-16/h2-6,8,10-11,13,24H,7,9,12H2,1H3,(H,23,27). The van der Waals surface area contributed by atoms with Crippen LogP contribution in [0.15, 0.2) is 53.5 Å². The third kappa shape index (κ3) is 3.18. The number of pyridine rings is 1. The number of fused-ring (bicyclic) bond motifs is 2. The molecule has 0 saturated carbocycles. The van der Waals surface area contributed by atoms with Gasteiger partial charge in [-0.05, 0) is 48.1 Å². The minimum absolute atomic E-state index is 0.0103. The molecule has 1 aliphatic heterocycles. The number of hydrogen-bond donors (Lipinski definition) is 2. The summed E-state index contributed by atoms with van der Waals surface area (Å²) in [5, 5.41) is 3.51. The van der Waals surface area contributed by atoms with Crippen molar-refractivity contribution >= 4 is 22.4 Å². The molecule has 1 aromatic heterocycles. The van der Waals surface area contributed by atoms with Gasteiger partial charge in [0.25, 0.3) is 5.56 Å². The first-order valence-electron chi connectivity index (χ1n) is 8.96. The number of halogens is 1. The van der Waals surface area contributed by atoms with E-state index in [0.29, 0.717) is 17.6 Å². The quantitative estimate of drug-likeness (QED) is 0.749. The molecular formula is C21H20FN3O2. The van der Waals surface area contributed by atoms with Crippen molar-refractivity contribution in [3.05, 3.63) is 76.0 Å². The molecule has 0 bridgehead atoms. The molecule has 6 heteroatoms. The normalized spacial score (nSPS) is 16.2. The highest BCUT2D eigenvalue weighted by molar-refractivity contribution is 5.87. The molecule has 138 valence electrons. The molecule has 2 heterocycles. The summed E-state index contributed by atoms with van der Waals surface area (Å²) in [7, 11) is 0. The van der Waals surface area contributed by atoms with Gasteiger partial charge in [-0.1, -0.05) is 24.3 Å². The number of hydrogen-bond acceptors (Lipinski definition) is 3. The highest BCUT2D eigenvalue weighted by Gasteiger charge is 2.26. The summed E-state index contributed by atoms with van der Waals surface area (Å²) >= 11 is 0. The van der Waals surface area contributed by atoms with Crippen LogP contribution in [-0.2, 0) is 11.2 Å². The molecule has 3 aromatic rings. The van der Waals surface area contributed by atoms with E-state index in [2.05, 4.69) is 22.4 Å². The van der Waals surface area contributed by atoms with Crippen LogP contribution in [0.3, 0.4) is 0 Å². The Labute approximate surface area is 155 Å². The number of carbonyl (C=O) groups excluding carboxylic acids is 1. The van der Waals surface area contributed by atoms with Crippen molar-refractivity contribution in [2.45, 2.75) is 19.4 Å². The Hall–Kier alpha value is -3.15. The molecule has 2 N–H and O–H groups in total. The van der Waals surface area contributed by atoms with Gasteiger partial charge in [0, 0.05) is 18.4 Å². The zero-order valence-corrected chi connectivity index (χ0v) is 15.0. The first kappa shape index (κ1) is 17.3. The number of aromatic amines is 1. The van der Waals surface area contributed by atoms with Crippen molar-refractivity contribution in [2.75, 3.05) is 18.4 Å². The number of anilines is 1. The second-order valence-electron chi connectivity index (χ2n) is 6.79. The van der Waals surface area contributed by atoms with E-state index < -0.39 is 11.4 Å². The SMILES string of the molecule is CC1c2ccccc2CCN1C(=O)CNc1cc(F)c2c(=O)[nH]ccc2c1. The molecule has 1 aliphatic rings. The maximum atomic E-state index is 14.3. The van der Waals surface area contributed by atoms with E-state index >= 15 is 0 Å². The van der Waals surface area contributed by atoms with Gasteiger partial charge in [0.2, 0.25) is 5.91 Å². The smallest absolute Gasteiger partial charge is 0.258 e. The number of nitrogens with zero attached hydrogens (tertiary/aromatic N) is 1. The Morgan fingerprint density at radius 1 is 1.30 bits per heavy atom. The average Bonchev–Trinajstić information content (AvgIpc) is 2.66. The third-order valence-corrected chi connectivity index (χ3v) is 5.18. The van der Waals surface area contributed by atoms with Crippen molar-refractivity contribution in [1.29, 1.82) is 0 Å². The summed E-state index contributed by atoms with van der Waals surface area (Å²) in [6.45, 7) is 2.76. The van der Waals surface area contributed by atoms with Crippen LogP contribution in [0, 0.1) is 5.82 Å². The zero-order chi connectivity index (χ0) is 19.0. The first-order chi connectivity index (χ1) is 13.0. The molecule has 5 nitrogen and oxygen atoms in total. The van der Waals surface area contributed by atoms with Gasteiger partial charge < -0.3 is 15.2 Å². The van der Waals surface area contributed by atoms with E-state index in [1.165, 1.54) is 23.4 Å². The molecule has 0 aliphatic carbocycles. The maximum Gasteiger partial charge on any atom is 0.258 e. The fourth-order valence-corrected chi connectivity index (χ4v) is 3.77. The van der Waals surface area contributed by atoms with Crippen LogP contribution >= 0.6 is 0 Å². The minimum atomic E-state index is -0.607. The van der Waals surface area contributed by atoms with Gasteiger partial charge in [-0.3, -0.25) is 9.59 Å². The van der Waals surface area contributed by atoms with Crippen LogP contribution in [0.2, 0.25) is 0 Å². The Bertz CT molecular complexity index is 1080. The van der Waals surface area contributed by atoms with E-state index in [0.717, 1.165) is 6.42 Å². The van der Waals surface area contributed by atoms with Gasteiger partial charge in [-0.25, -0.2) is 4.39 Å². The van der Waals surface area contributed by atoms with Crippen molar-refractivity contribution in [1.82, 2.24) is 9.88 Å². The third-order valence-electron chi connectivity index (χ3n) is 5.18. The molecule has 2 aromatic carbocycles. The summed E-state index contributed by atoms with van der Waals surface area (Å²) in [4.78, 5) is 28.8. The molecule has 0 spiro atoms. The van der Waals surface area contributed by atoms with Gasteiger partial charge in [-0.15, -0.1) is 0 Å². The molecule has 1 atom stereocenters. The second-order valence-corrected chi connectivity index (χ2v) is 6.79. The largest absolute Gasteiger partial charge is 0.376 e. The lowest BCUT2D eigenvalue weighted by atomic mass is 9.93. The van der Waals surface area contributed by atoms with E-state index in [1.54, 1.807) is 12.1 Å². The summed E-state index contributed by atoms with van der Waals surface area (Å²) in [5.74, 6) is -0.645. The molecule has 0 saturated heterocycles. The van der Waals surface area contributed by atoms with E-state index in [1.807, 2.05) is 24.0 Å². The van der Waals surface area contributed by atoms with E-state index in [-0.39, 0.29) is 23.9 Å². The Balaban J connectivity index is 1.50. The van der Waals surface area contributed by atoms with E-state index in [4.69, 9.17) is 0 Å². The molecule has 27 heavy (non-hydrogen) atoms. The Morgan fingerprint density at radius 2 is 2.11 bits per heavy atom. The highest BCUT2D eigenvalue weighted by Crippen LogP contribution is 2.29. The average molecular weight is 365 g/mol. The molecule has 0 fully saturated rings. The predicted molar refractivity (Wildman–Crippen MR) is 103 cm³/mol. The van der Waals surface area contributed by atoms with Crippen LogP contribution in [0.5, 0.6) is 0 Å². The lowest BCUT2D eigenvalue weighted by Gasteiger charge is -2.35. The number of rotatable bonds is 3. The predicted octanol–water partition coefficient (Wildman–Crippen LogP) is 3.23. The summed E-state index contributed by atoms with van der Waals surface area (Å²) in [6, 6.07) is 12.7. The van der Waals surface area contributed by atoms with Gasteiger partial charge in [-0.2, -0.15) is 0 Å². The zero-order valence-electron chi connectivity index (χ0n) is 15.0. The van der Waals surface area contributed by atoms with Crippen molar-refractivity contribution in [2.24, 2.45) is 0 Å². The molecular weight excluding hydrogens is 345 g/mol. The topological polar surface area (TPSA) is 65.2 Å². The van der Waals surface area contributed by atoms with Crippen LogP contribution in [0.1, 0.15) is 24.1 Å². The number of H-pyrrole nitrogens is 1. The number of nitrogens with one attached hydrogen (secondary N) is 2. The lowest BCUT2D eigenvalue weighted by molar-refractivity contribution is -0.131. The van der Waals surface area contributed by atoms with Gasteiger partial charge in [0.05, 0.1) is 18.0 Å². The molecule has 1 unspecified atom stereocenters. The van der Waals surface area contributed by atoms with E-state index in [9.17, 15) is 14.0 Å². The van der Waals surface area contributed by atoms with Crippen molar-refractivity contribution in [3.8, 4) is 0 Å². The Morgan fingerprint density at radius 3 is 2.96 bits per heavy atom. The molecule has 4 rings (SSSR count). The number of amides is 1. The van der Waals surface area contributed by atoms with Crippen LogP contribution in [0.4, 0.5) is 10.1 Å². The summed E-state index contributed by atoms with van der Waals surface area (Å²) in [5.41, 5.74) is 2.47. The lowest BCUT2D eigenvalue weighted by Crippen LogP contribution is -2.41. The number of aromatic nitrogens is 1. The fourth-order valence-electron chi connectivity index (χ4n) is 3.77. The van der Waals surface area contributed by atoms with Crippen LogP contribution < -0.4 is 10.9 Å². The van der Waals surface area contributed by atoms with Crippen molar-refractivity contribution < 1.29 is 9.18 Å². The van der Waals surface area contributed by atoms with Crippen LogP contribution in [-0.4, -0.2) is 28.9 Å². The summed E-state index contributed by atoms with van der Waals surface area (Å²) in [6.07, 6.45) is 2.31. The van der Waals surface area contributed by atoms with Crippen molar-refractivity contribution in [3.63, 3.8) is 0 Å². The number of carbonyl (C=O) groups is 1. The highest BCUT2D eigenvalue weighted by atomic mass is 19.1. The number of benzene rings is 2. The van der Waals surface area contributed by atoms with Crippen LogP contribution in [0.25, 0.3) is 10.8 Å². The monoisotopic (exact) mass is 365 g/mol. The fraction of sp³-hybridized carbons (Fsp3) is 0.238. The molecule has 0 radical (unpaired) electrons. The minimum Gasteiger partial charge on any atom is -0.376 e. The molecule has 1 amide bonds. The van der Waals surface area contributed by atoms with Gasteiger partial charge >= 0.3 is 0 Å². The maximum absolute atomic E-state index is 14.3. The first-order valence-corrected chi connectivity index (χ1v) is 8.96. The summed E-state index contributed by atoms with van der Waals surface area (Å²) < 4.78 is 14.3.